The molecule has 1 aliphatic heterocycles. The summed E-state index contributed by atoms with van der Waals surface area (Å²) in [6.45, 7) is -0.651. The van der Waals surface area contributed by atoms with Crippen LogP contribution in [-0.4, -0.2) is 124 Å². The van der Waals surface area contributed by atoms with Gasteiger partial charge in [-0.2, -0.15) is 4.98 Å². The van der Waals surface area contributed by atoms with Gasteiger partial charge in [-0.25, -0.2) is 9.55 Å². The van der Waals surface area contributed by atoms with E-state index >= 15 is 0 Å². The van der Waals surface area contributed by atoms with E-state index in [0.717, 1.165) is 0 Å². The summed E-state index contributed by atoms with van der Waals surface area (Å²) < 4.78 is 21.6. The number of aromatic nitrogens is 4. The van der Waals surface area contributed by atoms with Crippen molar-refractivity contribution in [2.75, 3.05) is 12.3 Å². The number of nitrogen functional groups attached to an aromatic ring is 1. The number of nitrogens with zero attached hydrogens (tertiary/aromatic N) is 3. The molecule has 7 N–H and O–H groups in total. The number of aliphatic hydroxyl groups is 2. The number of hydrogen-bond donors (Lipinski definition) is 6. The Balaban J connectivity index is 0.00000169. The second-order valence-corrected chi connectivity index (χ2v) is 6.35. The Morgan fingerprint density at radius 1 is 1.35 bits per heavy atom. The van der Waals surface area contributed by atoms with E-state index in [9.17, 15) is 19.6 Å². The van der Waals surface area contributed by atoms with Crippen molar-refractivity contribution in [2.45, 2.75) is 24.5 Å². The molecule has 0 aliphatic carbocycles. The van der Waals surface area contributed by atoms with Gasteiger partial charge in [0.2, 0.25) is 5.95 Å². The number of rotatable bonds is 4. The van der Waals surface area contributed by atoms with Gasteiger partial charge in [0.05, 0.1) is 12.9 Å². The summed E-state index contributed by atoms with van der Waals surface area (Å²) >= 11 is 0. The first-order chi connectivity index (χ1) is 11.2. The number of phosphoric acid groups is 1. The second-order valence-electron chi connectivity index (χ2n) is 5.11. The number of H-pyrrole nitrogens is 1. The normalized spacial score (nSPS) is 25.7. The molecule has 0 saturated carbocycles. The molecule has 26 heavy (non-hydrogen) atoms. The number of hydrogen-bond acceptors (Lipinski definition) is 9. The molecule has 13 nitrogen and oxygen atoms in total. The van der Waals surface area contributed by atoms with E-state index in [4.69, 9.17) is 20.3 Å². The quantitative estimate of drug-likeness (QED) is 0.212. The van der Waals surface area contributed by atoms with Crippen molar-refractivity contribution in [1.82, 2.24) is 19.5 Å². The summed E-state index contributed by atoms with van der Waals surface area (Å²) in [6, 6.07) is 0. The standard InChI is InChI=1S/C10H14N5O8P.2Na.2H/c11-10-13-7-4(8(18)14-10)12-2-15(7)9-6(17)5(16)3(23-9)1-22-24(19,20)21;;;;/h2-3,5-6,9,16-17H,1H2,(H2,19,20,21)(H3,11,13,14,18);;;;/t3-,5-,6-,9-;;;;/m1..../s1. The third kappa shape index (κ3) is 4.94. The SMILES string of the molecule is Nc1nc2c(ncn2[C@@H]2O[C@H](COP(=O)(O)O)[C@@H](O)[C@H]2O)c(=O)[nH]1.[NaH].[NaH]. The van der Waals surface area contributed by atoms with Crippen molar-refractivity contribution in [2.24, 2.45) is 0 Å². The third-order valence-corrected chi connectivity index (χ3v) is 3.95. The molecule has 2 aromatic heterocycles. The van der Waals surface area contributed by atoms with Crippen molar-refractivity contribution in [3.05, 3.63) is 16.7 Å². The topological polar surface area (TPSA) is 206 Å². The van der Waals surface area contributed by atoms with Crippen molar-refractivity contribution in [3.8, 4) is 0 Å². The van der Waals surface area contributed by atoms with E-state index < -0.39 is 44.5 Å². The Labute approximate surface area is 189 Å². The molecular weight excluding hydrogens is 395 g/mol. The first-order valence-electron chi connectivity index (χ1n) is 6.61. The predicted molar refractivity (Wildman–Crippen MR) is 90.8 cm³/mol. The number of fused-ring (bicyclic) bond motifs is 1. The van der Waals surface area contributed by atoms with Crippen LogP contribution in [-0.2, 0) is 13.8 Å². The molecular formula is C10H16N5Na2O8P. The molecule has 1 fully saturated rings. The van der Waals surface area contributed by atoms with E-state index in [0.29, 0.717) is 0 Å². The minimum absolute atomic E-state index is 0. The van der Waals surface area contributed by atoms with Gasteiger partial charge in [-0.05, 0) is 0 Å². The van der Waals surface area contributed by atoms with Crippen LogP contribution in [0.15, 0.2) is 11.1 Å². The zero-order valence-electron chi connectivity index (χ0n) is 11.9. The minimum atomic E-state index is -4.76. The maximum atomic E-state index is 11.7. The summed E-state index contributed by atoms with van der Waals surface area (Å²) in [5, 5.41) is 20.1. The first-order valence-corrected chi connectivity index (χ1v) is 8.14. The Bertz CT molecular complexity index is 871. The molecule has 16 heteroatoms. The van der Waals surface area contributed by atoms with Crippen LogP contribution in [0.1, 0.15) is 6.23 Å². The van der Waals surface area contributed by atoms with Gasteiger partial charge in [0.15, 0.2) is 17.4 Å². The van der Waals surface area contributed by atoms with Gasteiger partial charge in [0.1, 0.15) is 18.3 Å². The van der Waals surface area contributed by atoms with Crippen LogP contribution in [0.2, 0.25) is 0 Å². The number of phosphoric ester groups is 1. The van der Waals surface area contributed by atoms with Gasteiger partial charge in [0, 0.05) is 0 Å². The summed E-state index contributed by atoms with van der Waals surface area (Å²) in [6.07, 6.45) is -4.22. The molecule has 0 unspecified atom stereocenters. The summed E-state index contributed by atoms with van der Waals surface area (Å²) in [5.74, 6) is -0.177. The molecule has 1 aliphatic rings. The fourth-order valence-corrected chi connectivity index (χ4v) is 2.74. The van der Waals surface area contributed by atoms with Gasteiger partial charge in [-0.3, -0.25) is 18.9 Å². The fraction of sp³-hybridized carbons (Fsp3) is 0.500. The van der Waals surface area contributed by atoms with E-state index in [2.05, 4.69) is 19.5 Å². The number of aliphatic hydroxyl groups excluding tert-OH is 2. The van der Waals surface area contributed by atoms with Crippen LogP contribution in [0.5, 0.6) is 0 Å². The predicted octanol–water partition coefficient (Wildman–Crippen LogP) is -3.87. The first kappa shape index (κ1) is 24.2. The molecule has 1 saturated heterocycles. The Morgan fingerprint density at radius 3 is 2.62 bits per heavy atom. The molecule has 4 atom stereocenters. The van der Waals surface area contributed by atoms with Crippen LogP contribution >= 0.6 is 7.82 Å². The molecule has 3 rings (SSSR count). The monoisotopic (exact) mass is 411 g/mol. The molecule has 136 valence electrons. The summed E-state index contributed by atoms with van der Waals surface area (Å²) in [4.78, 5) is 39.1. The van der Waals surface area contributed by atoms with Crippen LogP contribution in [0, 0.1) is 0 Å². The zero-order valence-corrected chi connectivity index (χ0v) is 12.8. The maximum absolute atomic E-state index is 11.7. The van der Waals surface area contributed by atoms with E-state index in [1.165, 1.54) is 10.9 Å². The Kier molecular flexibility index (Phi) is 8.46. The average molecular weight is 411 g/mol. The van der Waals surface area contributed by atoms with Gasteiger partial charge in [0.25, 0.3) is 5.56 Å². The van der Waals surface area contributed by atoms with Crippen molar-refractivity contribution < 1.29 is 33.8 Å². The van der Waals surface area contributed by atoms with Gasteiger partial charge in [-0.1, -0.05) is 0 Å². The van der Waals surface area contributed by atoms with Crippen LogP contribution < -0.4 is 11.3 Å². The number of imidazole rings is 1. The number of aromatic amines is 1. The second kappa shape index (κ2) is 9.09. The summed E-state index contributed by atoms with van der Waals surface area (Å²) in [7, 11) is -4.76. The molecule has 0 bridgehead atoms. The van der Waals surface area contributed by atoms with Crippen LogP contribution in [0.25, 0.3) is 11.2 Å². The van der Waals surface area contributed by atoms with Gasteiger partial charge >= 0.3 is 66.9 Å². The van der Waals surface area contributed by atoms with Crippen molar-refractivity contribution in [1.29, 1.82) is 0 Å². The van der Waals surface area contributed by atoms with Gasteiger partial charge < -0.3 is 30.5 Å². The molecule has 2 aromatic rings. The zero-order chi connectivity index (χ0) is 17.6. The van der Waals surface area contributed by atoms with Crippen molar-refractivity contribution in [3.63, 3.8) is 0 Å². The molecule has 3 heterocycles. The van der Waals surface area contributed by atoms with Crippen LogP contribution in [0.3, 0.4) is 0 Å². The Hall–Kier alpha value is 0.140. The average Bonchev–Trinajstić information content (AvgIpc) is 3.00. The van der Waals surface area contributed by atoms with Crippen molar-refractivity contribution >= 4 is 84.0 Å². The molecule has 0 amide bonds. The van der Waals surface area contributed by atoms with Gasteiger partial charge in [-0.15, -0.1) is 0 Å². The van der Waals surface area contributed by atoms with E-state index in [-0.39, 0.29) is 76.2 Å². The number of nitrogens with two attached hydrogens (primary N) is 1. The Morgan fingerprint density at radius 2 is 2.00 bits per heavy atom. The van der Waals surface area contributed by atoms with E-state index in [1.54, 1.807) is 0 Å². The fourth-order valence-electron chi connectivity index (χ4n) is 2.40. The molecule has 0 radical (unpaired) electrons. The molecule has 0 aromatic carbocycles. The number of nitrogens with one attached hydrogen (secondary N) is 1. The van der Waals surface area contributed by atoms with E-state index in [1.807, 2.05) is 0 Å². The number of anilines is 1. The number of ether oxygens (including phenoxy) is 1. The summed E-state index contributed by atoms with van der Waals surface area (Å²) in [5.41, 5.74) is 4.84. The molecule has 0 spiro atoms. The van der Waals surface area contributed by atoms with Crippen LogP contribution in [0.4, 0.5) is 5.95 Å². The third-order valence-electron chi connectivity index (χ3n) is 3.47.